The number of carbonyl (C=O) groups is 3. The largest absolute Gasteiger partial charge is 0.412 e. The third kappa shape index (κ3) is 29.7. The second-order valence-electron chi connectivity index (χ2n) is 3.67. The summed E-state index contributed by atoms with van der Waals surface area (Å²) in [5, 5.41) is 15.3. The number of aliphatic hydroxyl groups is 1. The summed E-state index contributed by atoms with van der Waals surface area (Å²) in [6.07, 6.45) is -0.0849. The van der Waals surface area contributed by atoms with E-state index in [1.165, 1.54) is 13.8 Å². The fourth-order valence-corrected chi connectivity index (χ4v) is 0.904. The van der Waals surface area contributed by atoms with E-state index in [-0.39, 0.29) is 45.1 Å². The van der Waals surface area contributed by atoms with Gasteiger partial charge in [0, 0.05) is 22.3 Å². The molecule has 0 amide bonds. The van der Waals surface area contributed by atoms with Gasteiger partial charge in [-0.05, 0) is 13.8 Å². The maximum absolute atomic E-state index is 10.4. The first kappa shape index (κ1) is 26.5. The first-order chi connectivity index (χ1) is 8.83. The molecule has 1 atom stereocenters. The summed E-state index contributed by atoms with van der Waals surface area (Å²) in [7, 11) is 0. The molecule has 0 aliphatic heterocycles. The van der Waals surface area contributed by atoms with Crippen LogP contribution in [0.15, 0.2) is 0 Å². The van der Waals surface area contributed by atoms with Gasteiger partial charge in [0.05, 0.1) is 6.42 Å². The summed E-state index contributed by atoms with van der Waals surface area (Å²) in [5.41, 5.74) is 0. The van der Waals surface area contributed by atoms with Gasteiger partial charge in [0.15, 0.2) is 0 Å². The van der Waals surface area contributed by atoms with E-state index >= 15 is 0 Å². The Kier molecular flexibility index (Phi) is 25.5. The van der Waals surface area contributed by atoms with Crippen LogP contribution >= 0.6 is 0 Å². The van der Waals surface area contributed by atoms with Crippen LogP contribution in [-0.4, -0.2) is 40.6 Å². The highest BCUT2D eigenvalue weighted by Crippen LogP contribution is 1.92. The lowest BCUT2D eigenvalue weighted by Crippen LogP contribution is -2.13. The van der Waals surface area contributed by atoms with E-state index < -0.39 is 6.10 Å². The lowest BCUT2D eigenvalue weighted by Gasteiger charge is -1.97. The monoisotopic (exact) mass is 291 g/mol. The van der Waals surface area contributed by atoms with Crippen molar-refractivity contribution in [3.05, 3.63) is 11.4 Å². The van der Waals surface area contributed by atoms with Gasteiger partial charge in [0.25, 0.3) is 0 Å². The van der Waals surface area contributed by atoms with Crippen molar-refractivity contribution in [2.75, 3.05) is 6.54 Å². The van der Waals surface area contributed by atoms with Crippen LogP contribution in [0.5, 0.6) is 0 Å². The summed E-state index contributed by atoms with van der Waals surface area (Å²) in [5.74, 6) is -0.0968. The zero-order chi connectivity index (χ0) is 15.8. The molecule has 0 aliphatic rings. The molecule has 0 fully saturated rings. The Hall–Kier alpha value is -2.09. The van der Waals surface area contributed by atoms with Gasteiger partial charge in [-0.2, -0.15) is 0 Å². The minimum absolute atomic E-state index is 0. The molecule has 1 unspecified atom stereocenters. The van der Waals surface area contributed by atoms with E-state index in [0.29, 0.717) is 6.42 Å². The maximum Gasteiger partial charge on any atom is 0.240 e. The van der Waals surface area contributed by atoms with Crippen molar-refractivity contribution in [1.29, 1.82) is 5.26 Å². The molecule has 0 aromatic carbocycles. The Bertz CT molecular complexity index is 354. The summed E-state index contributed by atoms with van der Waals surface area (Å²) >= 11 is 0. The van der Waals surface area contributed by atoms with E-state index in [9.17, 15) is 14.4 Å². The molecule has 0 rings (SSSR count). The first-order valence-electron chi connectivity index (χ1n) is 5.61. The van der Waals surface area contributed by atoms with Crippen LogP contribution in [0.1, 0.15) is 42.9 Å². The number of hydrogen-bond donors (Lipinski definition) is 1. The van der Waals surface area contributed by atoms with E-state index in [1.807, 2.05) is 0 Å². The minimum Gasteiger partial charge on any atom is -0.412 e. The average Bonchev–Trinajstić information content (AvgIpc) is 2.30. The molecule has 0 aromatic heterocycles. The zero-order valence-corrected chi connectivity index (χ0v) is 12.0. The summed E-state index contributed by atoms with van der Waals surface area (Å²) < 4.78 is 0. The predicted octanol–water partition coefficient (Wildman–Crippen LogP) is 0.997. The second-order valence-corrected chi connectivity index (χ2v) is 3.67. The quantitative estimate of drug-likeness (QED) is 0.576. The normalized spacial score (nSPS) is 9.05. The van der Waals surface area contributed by atoms with Crippen molar-refractivity contribution >= 4 is 17.3 Å². The van der Waals surface area contributed by atoms with Crippen LogP contribution in [0, 0.1) is 18.4 Å². The zero-order valence-electron chi connectivity index (χ0n) is 12.0. The molecular weight excluding hydrogens is 264 g/mol. The number of nitrogens with zero attached hydrogens (tertiary/aromatic N) is 2. The molecule has 0 saturated carbocycles. The maximum atomic E-state index is 10.4. The molecule has 0 aromatic rings. The van der Waals surface area contributed by atoms with Crippen molar-refractivity contribution in [1.82, 2.24) is 0 Å². The predicted molar refractivity (Wildman–Crippen MR) is 77.9 cm³/mol. The summed E-state index contributed by atoms with van der Waals surface area (Å²) in [4.78, 5) is 33.8. The van der Waals surface area contributed by atoms with Crippen LogP contribution in [0.25, 0.3) is 4.85 Å². The number of rotatable bonds is 6. The molecule has 0 saturated heterocycles. The summed E-state index contributed by atoms with van der Waals surface area (Å²) in [6.45, 7) is 14.4. The van der Waals surface area contributed by atoms with Gasteiger partial charge in [-0.1, -0.05) is 6.92 Å². The smallest absolute Gasteiger partial charge is 0.240 e. The lowest BCUT2D eigenvalue weighted by atomic mass is 10.2. The van der Waals surface area contributed by atoms with Gasteiger partial charge in [-0.25, -0.2) is 11.8 Å². The van der Waals surface area contributed by atoms with Gasteiger partial charge >= 0.3 is 0 Å². The third-order valence-electron chi connectivity index (χ3n) is 1.67. The number of hydrogen-bond acceptors (Lipinski definition) is 5. The highest BCUT2D eigenvalue weighted by molar-refractivity contribution is 5.97. The SMILES string of the molecule is C#N.CCC(=O)CC(C)=O.O.[2HH].[C-]#[N+]CC(O)CC(C)=O.[HH]. The highest BCUT2D eigenvalue weighted by atomic mass is 16.3. The molecule has 0 heterocycles. The van der Waals surface area contributed by atoms with Gasteiger partial charge < -0.3 is 15.4 Å². The van der Waals surface area contributed by atoms with Crippen molar-refractivity contribution in [3.63, 3.8) is 0 Å². The molecule has 0 spiro atoms. The van der Waals surface area contributed by atoms with Crippen molar-refractivity contribution < 1.29 is 27.8 Å². The molecule has 0 aliphatic carbocycles. The molecule has 3 N–H and O–H groups in total. The number of carbonyl (C=O) groups excluding carboxylic acids is 3. The van der Waals surface area contributed by atoms with E-state index in [1.54, 1.807) is 6.92 Å². The Morgan fingerprint density at radius 1 is 1.35 bits per heavy atom. The Morgan fingerprint density at radius 2 is 1.80 bits per heavy atom. The molecule has 0 radical (unpaired) electrons. The Labute approximate surface area is 122 Å². The Morgan fingerprint density at radius 3 is 2.00 bits per heavy atom. The number of nitriles is 1. The van der Waals surface area contributed by atoms with Gasteiger partial charge in [0.1, 0.15) is 23.5 Å². The second kappa shape index (κ2) is 19.3. The number of aliphatic hydroxyl groups excluding tert-OH is 1. The van der Waals surface area contributed by atoms with E-state index in [4.69, 9.17) is 16.9 Å². The van der Waals surface area contributed by atoms with Crippen molar-refractivity contribution in [3.8, 4) is 6.57 Å². The Balaban J connectivity index is -0.0000000466. The molecular formula is C13H26N2O5. The fraction of sp³-hybridized carbons (Fsp3) is 0.615. The van der Waals surface area contributed by atoms with Crippen LogP contribution in [0.2, 0.25) is 0 Å². The van der Waals surface area contributed by atoms with E-state index in [2.05, 4.69) is 11.4 Å². The summed E-state index contributed by atoms with van der Waals surface area (Å²) in [6, 6.07) is 0. The van der Waals surface area contributed by atoms with Crippen molar-refractivity contribution in [2.45, 2.75) is 46.1 Å². The van der Waals surface area contributed by atoms with Gasteiger partial charge in [-0.15, -0.1) is 0 Å². The highest BCUT2D eigenvalue weighted by Gasteiger charge is 2.08. The number of ketones is 3. The third-order valence-corrected chi connectivity index (χ3v) is 1.67. The fourth-order valence-electron chi connectivity index (χ4n) is 0.904. The molecule has 0 bridgehead atoms. The van der Waals surface area contributed by atoms with Gasteiger partial charge in [-0.3, -0.25) is 14.4 Å². The molecule has 7 heteroatoms. The van der Waals surface area contributed by atoms with E-state index in [0.717, 1.165) is 0 Å². The van der Waals surface area contributed by atoms with Crippen molar-refractivity contribution in [2.24, 2.45) is 0 Å². The van der Waals surface area contributed by atoms with Crippen LogP contribution in [-0.2, 0) is 14.4 Å². The average molecular weight is 291 g/mol. The minimum atomic E-state index is -0.764. The van der Waals surface area contributed by atoms with Gasteiger partial charge in [0.2, 0.25) is 6.54 Å². The standard InChI is InChI=1S/C6H9NO2.C6H10O2.CHN.H2O.2H2/c1-5(8)3-6(9)4-7-2;1-3-6(8)4-5(2)7;1-2;;;/h6,9H,3-4H2,1H3;3-4H2,1-2H3;1H;1H2;2*1H/i;;;;1+1;. The topological polar surface area (TPSA) is 131 Å². The molecule has 7 nitrogen and oxygen atoms in total. The number of Topliss-reactive ketones (excluding diaryl/α,β-unsaturated/α-hetero) is 3. The van der Waals surface area contributed by atoms with Crippen LogP contribution in [0.4, 0.5) is 0 Å². The molecule has 20 heavy (non-hydrogen) atoms. The lowest BCUT2D eigenvalue weighted by molar-refractivity contribution is -0.125. The molecule has 118 valence electrons. The first-order valence-corrected chi connectivity index (χ1v) is 5.61. The van der Waals surface area contributed by atoms with Crippen LogP contribution in [0.3, 0.4) is 0 Å². The van der Waals surface area contributed by atoms with Crippen LogP contribution < -0.4 is 0 Å².